The van der Waals surface area contributed by atoms with Crippen LogP contribution in [0.1, 0.15) is 37.6 Å². The van der Waals surface area contributed by atoms with Gasteiger partial charge in [0.1, 0.15) is 12.1 Å². The lowest BCUT2D eigenvalue weighted by molar-refractivity contribution is 0.625. The number of hydrogen-bond donors (Lipinski definition) is 1. The van der Waals surface area contributed by atoms with E-state index in [1.165, 1.54) is 12.0 Å². The van der Waals surface area contributed by atoms with E-state index in [-0.39, 0.29) is 0 Å². The normalized spacial score (nSPS) is 21.3. The van der Waals surface area contributed by atoms with Crippen LogP contribution in [0.3, 0.4) is 0 Å². The summed E-state index contributed by atoms with van der Waals surface area (Å²) in [6, 6.07) is 13.1. The first-order valence-electron chi connectivity index (χ1n) is 8.27. The summed E-state index contributed by atoms with van der Waals surface area (Å²) < 4.78 is 1.79. The Morgan fingerprint density at radius 2 is 2.09 bits per heavy atom. The molecule has 0 bridgehead atoms. The molecule has 1 aliphatic rings. The van der Waals surface area contributed by atoms with Crippen LogP contribution in [0.2, 0.25) is 0 Å². The van der Waals surface area contributed by atoms with Crippen molar-refractivity contribution in [3.63, 3.8) is 0 Å². The second-order valence-corrected chi connectivity index (χ2v) is 6.37. The second kappa shape index (κ2) is 5.65. The van der Waals surface area contributed by atoms with Gasteiger partial charge >= 0.3 is 0 Å². The zero-order chi connectivity index (χ0) is 15.8. The van der Waals surface area contributed by atoms with E-state index < -0.39 is 0 Å². The Kier molecular flexibility index (Phi) is 3.48. The minimum absolute atomic E-state index is 0.297. The van der Waals surface area contributed by atoms with Crippen molar-refractivity contribution < 1.29 is 0 Å². The topological polar surface area (TPSA) is 55.1 Å². The van der Waals surface area contributed by atoms with Gasteiger partial charge in [-0.2, -0.15) is 14.6 Å². The van der Waals surface area contributed by atoms with Gasteiger partial charge in [-0.3, -0.25) is 0 Å². The van der Waals surface area contributed by atoms with E-state index in [9.17, 15) is 0 Å². The molecule has 0 aliphatic heterocycles. The summed E-state index contributed by atoms with van der Waals surface area (Å²) in [5, 5.41) is 8.03. The van der Waals surface area contributed by atoms with Crippen molar-refractivity contribution in [2.24, 2.45) is 11.8 Å². The fraction of sp³-hybridized carbons (Fsp3) is 0.389. The molecule has 2 aromatic heterocycles. The smallest absolute Gasteiger partial charge is 0.254 e. The van der Waals surface area contributed by atoms with E-state index in [1.54, 1.807) is 10.8 Å². The highest BCUT2D eigenvalue weighted by Gasteiger charge is 2.40. The molecular weight excluding hydrogens is 286 g/mol. The molecule has 1 aliphatic carbocycles. The minimum atomic E-state index is 0.297. The fourth-order valence-electron chi connectivity index (χ4n) is 3.22. The molecule has 4 rings (SSSR count). The van der Waals surface area contributed by atoms with Crippen LogP contribution < -0.4 is 5.32 Å². The van der Waals surface area contributed by atoms with E-state index in [0.717, 1.165) is 23.9 Å². The van der Waals surface area contributed by atoms with Gasteiger partial charge in [0.25, 0.3) is 5.78 Å². The van der Waals surface area contributed by atoms with Crippen LogP contribution in [0.5, 0.6) is 0 Å². The maximum atomic E-state index is 4.52. The Balaban J connectivity index is 1.73. The van der Waals surface area contributed by atoms with E-state index in [4.69, 9.17) is 0 Å². The van der Waals surface area contributed by atoms with Crippen LogP contribution in [0.15, 0.2) is 42.7 Å². The zero-order valence-corrected chi connectivity index (χ0v) is 13.5. The van der Waals surface area contributed by atoms with E-state index in [2.05, 4.69) is 70.6 Å². The number of benzene rings is 1. The lowest BCUT2D eigenvalue weighted by Gasteiger charge is -2.21. The second-order valence-electron chi connectivity index (χ2n) is 6.37. The molecule has 3 unspecified atom stereocenters. The van der Waals surface area contributed by atoms with Crippen LogP contribution in [-0.4, -0.2) is 19.6 Å². The van der Waals surface area contributed by atoms with Crippen LogP contribution in [0, 0.1) is 11.8 Å². The molecule has 1 aromatic carbocycles. The molecule has 1 saturated carbocycles. The summed E-state index contributed by atoms with van der Waals surface area (Å²) in [7, 11) is 0. The molecule has 1 fully saturated rings. The molecule has 0 saturated heterocycles. The molecular formula is C18H21N5. The third kappa shape index (κ3) is 2.67. The highest BCUT2D eigenvalue weighted by molar-refractivity contribution is 5.47. The molecule has 5 heteroatoms. The predicted octanol–water partition coefficient (Wildman–Crippen LogP) is 3.50. The molecule has 1 N–H and O–H groups in total. The van der Waals surface area contributed by atoms with Gasteiger partial charge in [0.2, 0.25) is 0 Å². The highest BCUT2D eigenvalue weighted by atomic mass is 15.4. The molecule has 0 spiro atoms. The molecule has 2 heterocycles. The molecule has 5 nitrogen and oxygen atoms in total. The molecule has 0 radical (unpaired) electrons. The number of aryl methyl sites for hydroxylation is 1. The maximum absolute atomic E-state index is 4.52. The van der Waals surface area contributed by atoms with Gasteiger partial charge in [0.05, 0.1) is 6.04 Å². The Morgan fingerprint density at radius 1 is 1.30 bits per heavy atom. The molecule has 23 heavy (non-hydrogen) atoms. The number of rotatable bonds is 5. The zero-order valence-electron chi connectivity index (χ0n) is 13.5. The van der Waals surface area contributed by atoms with Crippen molar-refractivity contribution in [1.82, 2.24) is 19.6 Å². The van der Waals surface area contributed by atoms with Crippen LogP contribution in [0.25, 0.3) is 5.78 Å². The van der Waals surface area contributed by atoms with Crippen LogP contribution >= 0.6 is 0 Å². The summed E-state index contributed by atoms with van der Waals surface area (Å²) in [4.78, 5) is 8.76. The Morgan fingerprint density at radius 3 is 2.78 bits per heavy atom. The quantitative estimate of drug-likeness (QED) is 0.784. The van der Waals surface area contributed by atoms with Crippen molar-refractivity contribution in [3.8, 4) is 0 Å². The lowest BCUT2D eigenvalue weighted by Crippen LogP contribution is -2.17. The first-order chi connectivity index (χ1) is 11.3. The SMILES string of the molecule is CCc1cc(NC(c2ccccc2)C2CC2C)n2ncnc2n1. The van der Waals surface area contributed by atoms with Gasteiger partial charge in [-0.05, 0) is 30.2 Å². The summed E-state index contributed by atoms with van der Waals surface area (Å²) in [5.41, 5.74) is 2.36. The van der Waals surface area contributed by atoms with Gasteiger partial charge < -0.3 is 5.32 Å². The molecule has 3 atom stereocenters. The molecule has 3 aromatic rings. The number of anilines is 1. The molecule has 0 amide bonds. The number of nitrogens with zero attached hydrogens (tertiary/aromatic N) is 4. The Hall–Kier alpha value is -2.43. The van der Waals surface area contributed by atoms with Gasteiger partial charge in [0.15, 0.2) is 0 Å². The van der Waals surface area contributed by atoms with E-state index in [0.29, 0.717) is 17.7 Å². The highest BCUT2D eigenvalue weighted by Crippen LogP contribution is 2.48. The average molecular weight is 307 g/mol. The summed E-state index contributed by atoms with van der Waals surface area (Å²) in [6.07, 6.45) is 3.71. The third-order valence-electron chi connectivity index (χ3n) is 4.73. The van der Waals surface area contributed by atoms with E-state index >= 15 is 0 Å². The Labute approximate surface area is 135 Å². The van der Waals surface area contributed by atoms with E-state index in [1.807, 2.05) is 0 Å². The third-order valence-corrected chi connectivity index (χ3v) is 4.73. The van der Waals surface area contributed by atoms with Crippen LogP contribution in [0.4, 0.5) is 5.82 Å². The standard InChI is InChI=1S/C18H21N5/c1-3-14-10-16(23-18(21-14)19-11-20-23)22-17(15-9-12(15)2)13-7-5-4-6-8-13/h4-8,10-12,15,17,22H,3,9H2,1-2H3. The van der Waals surface area contributed by atoms with Crippen LogP contribution in [-0.2, 0) is 6.42 Å². The minimum Gasteiger partial charge on any atom is -0.363 e. The monoisotopic (exact) mass is 307 g/mol. The van der Waals surface area contributed by atoms with Gasteiger partial charge in [-0.25, -0.2) is 4.98 Å². The summed E-state index contributed by atoms with van der Waals surface area (Å²) in [6.45, 7) is 4.42. The van der Waals surface area contributed by atoms with Gasteiger partial charge in [0, 0.05) is 11.8 Å². The number of nitrogens with one attached hydrogen (secondary N) is 1. The summed E-state index contributed by atoms with van der Waals surface area (Å²) in [5.74, 6) is 3.04. The van der Waals surface area contributed by atoms with Crippen molar-refractivity contribution in [2.75, 3.05) is 5.32 Å². The van der Waals surface area contributed by atoms with Crippen molar-refractivity contribution in [3.05, 3.63) is 54.0 Å². The van der Waals surface area contributed by atoms with Crippen molar-refractivity contribution in [2.45, 2.75) is 32.7 Å². The maximum Gasteiger partial charge on any atom is 0.254 e. The van der Waals surface area contributed by atoms with Crippen molar-refractivity contribution >= 4 is 11.6 Å². The average Bonchev–Trinajstić information content (AvgIpc) is 3.11. The predicted molar refractivity (Wildman–Crippen MR) is 90.2 cm³/mol. The first-order valence-corrected chi connectivity index (χ1v) is 8.27. The van der Waals surface area contributed by atoms with Gasteiger partial charge in [-0.15, -0.1) is 0 Å². The Bertz CT molecular complexity index is 811. The van der Waals surface area contributed by atoms with Gasteiger partial charge in [-0.1, -0.05) is 44.2 Å². The molecule has 118 valence electrons. The number of fused-ring (bicyclic) bond motifs is 1. The summed E-state index contributed by atoms with van der Waals surface area (Å²) >= 11 is 0. The fourth-order valence-corrected chi connectivity index (χ4v) is 3.22. The van der Waals surface area contributed by atoms with Crippen molar-refractivity contribution in [1.29, 1.82) is 0 Å². The lowest BCUT2D eigenvalue weighted by atomic mass is 10.0. The number of aromatic nitrogens is 4. The largest absolute Gasteiger partial charge is 0.363 e. The first kappa shape index (κ1) is 14.2. The number of hydrogen-bond acceptors (Lipinski definition) is 4.